The third-order valence-corrected chi connectivity index (χ3v) is 2.70. The largest absolute Gasteiger partial charge is 0.379 e. The van der Waals surface area contributed by atoms with Crippen molar-refractivity contribution in [3.63, 3.8) is 0 Å². The van der Waals surface area contributed by atoms with Crippen molar-refractivity contribution in [2.75, 3.05) is 32.0 Å². The van der Waals surface area contributed by atoms with E-state index in [0.717, 1.165) is 0 Å². The number of carbonyl (C=O) groups is 1. The highest BCUT2D eigenvalue weighted by Gasteiger charge is 2.15. The van der Waals surface area contributed by atoms with Crippen LogP contribution >= 0.6 is 11.3 Å². The van der Waals surface area contributed by atoms with Gasteiger partial charge in [0.05, 0.1) is 13.2 Å². The maximum atomic E-state index is 11.6. The van der Waals surface area contributed by atoms with Gasteiger partial charge in [0.15, 0.2) is 5.13 Å². The molecule has 7 heteroatoms. The van der Waals surface area contributed by atoms with Gasteiger partial charge in [-0.1, -0.05) is 0 Å². The summed E-state index contributed by atoms with van der Waals surface area (Å²) in [6, 6.07) is 0. The maximum absolute atomic E-state index is 11.6. The van der Waals surface area contributed by atoms with Gasteiger partial charge in [-0.2, -0.15) is 0 Å². The molecule has 3 N–H and O–H groups in total. The number of carbonyl (C=O) groups excluding carboxylic acids is 1. The average molecular weight is 228 g/mol. The van der Waals surface area contributed by atoms with Crippen LogP contribution in [0.15, 0.2) is 5.38 Å². The van der Waals surface area contributed by atoms with Crippen molar-refractivity contribution in [3.05, 3.63) is 11.1 Å². The standard InChI is InChI=1S/C8H12N4O2S/c9-8-10-6(5-15-8)7(13)11-12-1-3-14-4-2-12/h5H,1-4H2,(H2,9,10)(H,11,13). The summed E-state index contributed by atoms with van der Waals surface area (Å²) in [6.07, 6.45) is 0. The molecule has 0 bridgehead atoms. The molecule has 0 atom stereocenters. The molecular formula is C8H12N4O2S. The van der Waals surface area contributed by atoms with Crippen LogP contribution in [0.5, 0.6) is 0 Å². The third-order valence-electron chi connectivity index (χ3n) is 2.03. The summed E-state index contributed by atoms with van der Waals surface area (Å²) < 4.78 is 5.16. The molecule has 1 aliphatic rings. The predicted octanol–water partition coefficient (Wildman–Crippen LogP) is -0.298. The first kappa shape index (κ1) is 10.3. The van der Waals surface area contributed by atoms with Crippen LogP contribution in [-0.2, 0) is 4.74 Å². The van der Waals surface area contributed by atoms with Crippen LogP contribution in [0.4, 0.5) is 5.13 Å². The number of aromatic nitrogens is 1. The Morgan fingerprint density at radius 1 is 1.60 bits per heavy atom. The SMILES string of the molecule is Nc1nc(C(=O)NN2CCOCC2)cs1. The Balaban J connectivity index is 1.91. The number of nitrogens with two attached hydrogens (primary N) is 1. The quantitative estimate of drug-likeness (QED) is 0.726. The number of rotatable bonds is 2. The van der Waals surface area contributed by atoms with Gasteiger partial charge in [-0.3, -0.25) is 10.2 Å². The molecule has 0 unspecified atom stereocenters. The summed E-state index contributed by atoms with van der Waals surface area (Å²) in [6.45, 7) is 2.68. The third kappa shape index (κ3) is 2.65. The predicted molar refractivity (Wildman–Crippen MR) is 56.4 cm³/mol. The number of ether oxygens (including phenoxy) is 1. The number of morpholine rings is 1. The summed E-state index contributed by atoms with van der Waals surface area (Å²) in [7, 11) is 0. The smallest absolute Gasteiger partial charge is 0.285 e. The number of hydrogen-bond acceptors (Lipinski definition) is 6. The molecule has 1 fully saturated rings. The zero-order valence-corrected chi connectivity index (χ0v) is 8.92. The molecule has 6 nitrogen and oxygen atoms in total. The topological polar surface area (TPSA) is 80.5 Å². The first-order chi connectivity index (χ1) is 7.25. The molecule has 1 aromatic heterocycles. The minimum Gasteiger partial charge on any atom is -0.379 e. The van der Waals surface area contributed by atoms with E-state index < -0.39 is 0 Å². The number of amides is 1. The number of hydrazine groups is 1. The molecule has 15 heavy (non-hydrogen) atoms. The first-order valence-electron chi connectivity index (χ1n) is 4.60. The lowest BCUT2D eigenvalue weighted by molar-refractivity contribution is 0.0125. The molecule has 1 aliphatic heterocycles. The molecule has 2 rings (SSSR count). The van der Waals surface area contributed by atoms with E-state index in [1.54, 1.807) is 5.38 Å². The molecule has 0 radical (unpaired) electrons. The molecule has 0 spiro atoms. The Morgan fingerprint density at radius 2 is 2.33 bits per heavy atom. The second kappa shape index (κ2) is 4.56. The maximum Gasteiger partial charge on any atom is 0.285 e. The average Bonchev–Trinajstić information content (AvgIpc) is 2.66. The highest BCUT2D eigenvalue weighted by Crippen LogP contribution is 2.10. The zero-order chi connectivity index (χ0) is 10.7. The van der Waals surface area contributed by atoms with Gasteiger partial charge in [0.25, 0.3) is 5.91 Å². The van der Waals surface area contributed by atoms with Crippen molar-refractivity contribution in [1.82, 2.24) is 15.4 Å². The van der Waals surface area contributed by atoms with Crippen LogP contribution in [0.1, 0.15) is 10.5 Å². The summed E-state index contributed by atoms with van der Waals surface area (Å²) in [5.41, 5.74) is 8.56. The molecule has 1 saturated heterocycles. The van der Waals surface area contributed by atoms with Crippen LogP contribution in [0, 0.1) is 0 Å². The Morgan fingerprint density at radius 3 is 2.93 bits per heavy atom. The molecule has 0 saturated carbocycles. The number of anilines is 1. The lowest BCUT2D eigenvalue weighted by atomic mass is 10.4. The van der Waals surface area contributed by atoms with Gasteiger partial charge < -0.3 is 10.5 Å². The van der Waals surface area contributed by atoms with Crippen LogP contribution < -0.4 is 11.2 Å². The van der Waals surface area contributed by atoms with Gasteiger partial charge in [-0.15, -0.1) is 11.3 Å². The Bertz CT molecular complexity index is 348. The van der Waals surface area contributed by atoms with Gasteiger partial charge in [0, 0.05) is 18.5 Å². The summed E-state index contributed by atoms with van der Waals surface area (Å²) in [5.74, 6) is -0.218. The molecule has 82 valence electrons. The Kier molecular flexibility index (Phi) is 3.14. The number of nitrogens with one attached hydrogen (secondary N) is 1. The summed E-state index contributed by atoms with van der Waals surface area (Å²) in [5, 5.41) is 3.87. The summed E-state index contributed by atoms with van der Waals surface area (Å²) in [4.78, 5) is 15.5. The highest BCUT2D eigenvalue weighted by atomic mass is 32.1. The van der Waals surface area contributed by atoms with Crippen LogP contribution in [-0.4, -0.2) is 42.2 Å². The molecular weight excluding hydrogens is 216 g/mol. The number of hydrogen-bond donors (Lipinski definition) is 2. The number of nitrogens with zero attached hydrogens (tertiary/aromatic N) is 2. The number of thiazole rings is 1. The van der Waals surface area contributed by atoms with Crippen LogP contribution in [0.25, 0.3) is 0 Å². The van der Waals surface area contributed by atoms with Crippen LogP contribution in [0.2, 0.25) is 0 Å². The van der Waals surface area contributed by atoms with E-state index >= 15 is 0 Å². The van der Waals surface area contributed by atoms with Crippen molar-refractivity contribution >= 4 is 22.4 Å². The number of nitrogen functional groups attached to an aromatic ring is 1. The van der Waals surface area contributed by atoms with E-state index in [1.807, 2.05) is 5.01 Å². The molecule has 0 aliphatic carbocycles. The minimum atomic E-state index is -0.218. The van der Waals surface area contributed by atoms with E-state index in [0.29, 0.717) is 37.1 Å². The molecule has 1 aromatic rings. The van der Waals surface area contributed by atoms with E-state index in [1.165, 1.54) is 11.3 Å². The van der Waals surface area contributed by atoms with E-state index in [4.69, 9.17) is 10.5 Å². The fourth-order valence-electron chi connectivity index (χ4n) is 1.27. The van der Waals surface area contributed by atoms with Gasteiger partial charge in [0.2, 0.25) is 0 Å². The fraction of sp³-hybridized carbons (Fsp3) is 0.500. The minimum absolute atomic E-state index is 0.218. The van der Waals surface area contributed by atoms with Gasteiger partial charge >= 0.3 is 0 Å². The normalized spacial score (nSPS) is 17.6. The second-order valence-electron chi connectivity index (χ2n) is 3.11. The molecule has 1 amide bonds. The molecule has 0 aromatic carbocycles. The lowest BCUT2D eigenvalue weighted by Gasteiger charge is -2.26. The Hall–Kier alpha value is -1.18. The van der Waals surface area contributed by atoms with Gasteiger partial charge in [-0.25, -0.2) is 9.99 Å². The van der Waals surface area contributed by atoms with Crippen molar-refractivity contribution in [3.8, 4) is 0 Å². The zero-order valence-electron chi connectivity index (χ0n) is 8.10. The summed E-state index contributed by atoms with van der Waals surface area (Å²) >= 11 is 1.26. The van der Waals surface area contributed by atoms with E-state index in [9.17, 15) is 4.79 Å². The van der Waals surface area contributed by atoms with Crippen molar-refractivity contribution in [1.29, 1.82) is 0 Å². The first-order valence-corrected chi connectivity index (χ1v) is 5.48. The fourth-order valence-corrected chi connectivity index (χ4v) is 1.81. The van der Waals surface area contributed by atoms with Crippen molar-refractivity contribution in [2.45, 2.75) is 0 Å². The van der Waals surface area contributed by atoms with E-state index in [2.05, 4.69) is 10.4 Å². The van der Waals surface area contributed by atoms with E-state index in [-0.39, 0.29) is 5.91 Å². The Labute approximate surface area is 91.0 Å². The van der Waals surface area contributed by atoms with Crippen molar-refractivity contribution in [2.24, 2.45) is 0 Å². The lowest BCUT2D eigenvalue weighted by Crippen LogP contribution is -2.48. The van der Waals surface area contributed by atoms with Crippen LogP contribution in [0.3, 0.4) is 0 Å². The highest BCUT2D eigenvalue weighted by molar-refractivity contribution is 7.13. The second-order valence-corrected chi connectivity index (χ2v) is 4.00. The van der Waals surface area contributed by atoms with Gasteiger partial charge in [-0.05, 0) is 0 Å². The monoisotopic (exact) mass is 228 g/mol. The molecule has 2 heterocycles. The van der Waals surface area contributed by atoms with Crippen molar-refractivity contribution < 1.29 is 9.53 Å². The van der Waals surface area contributed by atoms with Gasteiger partial charge in [0.1, 0.15) is 5.69 Å².